The van der Waals surface area contributed by atoms with E-state index in [9.17, 15) is 9.18 Å². The molecule has 6 nitrogen and oxygen atoms in total. The second kappa shape index (κ2) is 7.60. The number of benzene rings is 1. The van der Waals surface area contributed by atoms with Gasteiger partial charge in [0.25, 0.3) is 0 Å². The van der Waals surface area contributed by atoms with Crippen LogP contribution >= 0.6 is 15.9 Å². The standard InChI is InChI=1S/C17H17BrFN5O/c1-12-16(18)9-21-24(12)6-5-17(25)22-15-8-20-23(11-15)10-13-3-2-4-14(19)7-13/h2-4,7-9,11H,5-6,10H2,1H3,(H,22,25). The van der Waals surface area contributed by atoms with Gasteiger partial charge >= 0.3 is 0 Å². The fourth-order valence-corrected chi connectivity index (χ4v) is 2.71. The van der Waals surface area contributed by atoms with Crippen molar-refractivity contribution in [2.24, 2.45) is 0 Å². The summed E-state index contributed by atoms with van der Waals surface area (Å²) in [4.78, 5) is 12.1. The van der Waals surface area contributed by atoms with Gasteiger partial charge in [-0.15, -0.1) is 0 Å². The molecule has 8 heteroatoms. The van der Waals surface area contributed by atoms with E-state index in [4.69, 9.17) is 0 Å². The first-order chi connectivity index (χ1) is 12.0. The minimum atomic E-state index is -0.279. The third-order valence-corrected chi connectivity index (χ3v) is 4.52. The van der Waals surface area contributed by atoms with Gasteiger partial charge in [0, 0.05) is 18.3 Å². The van der Waals surface area contributed by atoms with E-state index in [2.05, 4.69) is 31.4 Å². The quantitative estimate of drug-likeness (QED) is 0.683. The highest BCUT2D eigenvalue weighted by Crippen LogP contribution is 2.15. The summed E-state index contributed by atoms with van der Waals surface area (Å²) in [5.41, 5.74) is 2.40. The number of hydrogen-bond donors (Lipinski definition) is 1. The Hall–Kier alpha value is -2.48. The molecule has 1 N–H and O–H groups in total. The summed E-state index contributed by atoms with van der Waals surface area (Å²) in [6, 6.07) is 6.35. The van der Waals surface area contributed by atoms with E-state index in [1.54, 1.807) is 34.0 Å². The van der Waals surface area contributed by atoms with Crippen LogP contribution in [0.2, 0.25) is 0 Å². The predicted molar refractivity (Wildman–Crippen MR) is 95.6 cm³/mol. The maximum absolute atomic E-state index is 13.2. The van der Waals surface area contributed by atoms with Crippen molar-refractivity contribution >= 4 is 27.5 Å². The molecular weight excluding hydrogens is 389 g/mol. The molecule has 0 bridgehead atoms. The summed E-state index contributed by atoms with van der Waals surface area (Å²) in [6.45, 7) is 2.88. The van der Waals surface area contributed by atoms with Crippen molar-refractivity contribution in [3.8, 4) is 0 Å². The third-order valence-electron chi connectivity index (χ3n) is 3.74. The summed E-state index contributed by atoms with van der Waals surface area (Å²) in [7, 11) is 0. The number of carbonyl (C=O) groups excluding carboxylic acids is 1. The molecule has 0 fully saturated rings. The Morgan fingerprint density at radius 3 is 2.88 bits per heavy atom. The zero-order valence-electron chi connectivity index (χ0n) is 13.6. The van der Waals surface area contributed by atoms with Crippen LogP contribution in [-0.2, 0) is 17.9 Å². The van der Waals surface area contributed by atoms with E-state index in [0.717, 1.165) is 15.7 Å². The Kier molecular flexibility index (Phi) is 5.28. The van der Waals surface area contributed by atoms with Gasteiger partial charge in [-0.25, -0.2) is 4.39 Å². The van der Waals surface area contributed by atoms with Crippen LogP contribution < -0.4 is 5.32 Å². The first-order valence-electron chi connectivity index (χ1n) is 7.76. The molecule has 0 spiro atoms. The molecule has 0 radical (unpaired) electrons. The van der Waals surface area contributed by atoms with Crippen molar-refractivity contribution in [3.05, 3.63) is 64.4 Å². The summed E-state index contributed by atoms with van der Waals surface area (Å²) in [5, 5.41) is 11.2. The van der Waals surface area contributed by atoms with Gasteiger partial charge in [0.2, 0.25) is 5.91 Å². The van der Waals surface area contributed by atoms with Crippen LogP contribution in [0.25, 0.3) is 0 Å². The molecular formula is C17H17BrFN5O. The molecule has 0 saturated heterocycles. The van der Waals surface area contributed by atoms with Gasteiger partial charge in [-0.05, 0) is 40.5 Å². The second-order valence-electron chi connectivity index (χ2n) is 5.66. The number of aromatic nitrogens is 4. The van der Waals surface area contributed by atoms with Crippen LogP contribution in [0.4, 0.5) is 10.1 Å². The number of aryl methyl sites for hydroxylation is 1. The largest absolute Gasteiger partial charge is 0.323 e. The monoisotopic (exact) mass is 405 g/mol. The van der Waals surface area contributed by atoms with Crippen LogP contribution in [0.5, 0.6) is 0 Å². The van der Waals surface area contributed by atoms with Crippen LogP contribution in [0.1, 0.15) is 17.7 Å². The van der Waals surface area contributed by atoms with Crippen LogP contribution in [0, 0.1) is 12.7 Å². The average Bonchev–Trinajstić information content (AvgIpc) is 3.13. The normalized spacial score (nSPS) is 10.8. The van der Waals surface area contributed by atoms with Crippen LogP contribution in [0.3, 0.4) is 0 Å². The van der Waals surface area contributed by atoms with Gasteiger partial charge in [0.15, 0.2) is 0 Å². The van der Waals surface area contributed by atoms with Crippen molar-refractivity contribution in [2.45, 2.75) is 26.4 Å². The lowest BCUT2D eigenvalue weighted by atomic mass is 10.2. The Labute approximate surface area is 152 Å². The molecule has 0 aliphatic heterocycles. The lowest BCUT2D eigenvalue weighted by Gasteiger charge is -2.05. The fraction of sp³-hybridized carbons (Fsp3) is 0.235. The molecule has 25 heavy (non-hydrogen) atoms. The van der Waals surface area contributed by atoms with Crippen molar-refractivity contribution in [1.82, 2.24) is 19.6 Å². The van der Waals surface area contributed by atoms with E-state index >= 15 is 0 Å². The first-order valence-corrected chi connectivity index (χ1v) is 8.55. The Balaban J connectivity index is 1.54. The molecule has 0 atom stereocenters. The maximum atomic E-state index is 13.2. The number of nitrogens with zero attached hydrogens (tertiary/aromatic N) is 4. The molecule has 0 aliphatic rings. The number of carbonyl (C=O) groups is 1. The van der Waals surface area contributed by atoms with Crippen molar-refractivity contribution < 1.29 is 9.18 Å². The third kappa shape index (κ3) is 4.54. The molecule has 3 aromatic rings. The maximum Gasteiger partial charge on any atom is 0.226 e. The van der Waals surface area contributed by atoms with Gasteiger partial charge in [0.1, 0.15) is 5.82 Å². The van der Waals surface area contributed by atoms with Crippen molar-refractivity contribution in [1.29, 1.82) is 0 Å². The minimum Gasteiger partial charge on any atom is -0.323 e. The zero-order chi connectivity index (χ0) is 17.8. The average molecular weight is 406 g/mol. The molecule has 0 unspecified atom stereocenters. The second-order valence-corrected chi connectivity index (χ2v) is 6.51. The summed E-state index contributed by atoms with van der Waals surface area (Å²) in [5.74, 6) is -0.393. The number of nitrogens with one attached hydrogen (secondary N) is 1. The fourth-order valence-electron chi connectivity index (χ4n) is 2.42. The molecule has 1 aromatic carbocycles. The first kappa shape index (κ1) is 17.3. The van der Waals surface area contributed by atoms with Gasteiger partial charge in [-0.1, -0.05) is 12.1 Å². The number of hydrogen-bond acceptors (Lipinski definition) is 3. The summed E-state index contributed by atoms with van der Waals surface area (Å²) < 4.78 is 17.6. The highest BCUT2D eigenvalue weighted by Gasteiger charge is 2.08. The van der Waals surface area contributed by atoms with E-state index in [1.807, 2.05) is 13.0 Å². The molecule has 2 aromatic heterocycles. The van der Waals surface area contributed by atoms with E-state index in [1.165, 1.54) is 12.1 Å². The Bertz CT molecular complexity index is 889. The van der Waals surface area contributed by atoms with Gasteiger partial charge in [-0.3, -0.25) is 14.2 Å². The molecule has 2 heterocycles. The zero-order valence-corrected chi connectivity index (χ0v) is 15.2. The number of halogens is 2. The highest BCUT2D eigenvalue weighted by atomic mass is 79.9. The van der Waals surface area contributed by atoms with Crippen molar-refractivity contribution in [2.75, 3.05) is 5.32 Å². The summed E-state index contributed by atoms with van der Waals surface area (Å²) >= 11 is 3.39. The number of rotatable bonds is 6. The Morgan fingerprint density at radius 2 is 2.16 bits per heavy atom. The minimum absolute atomic E-state index is 0.115. The molecule has 3 rings (SSSR count). The van der Waals surface area contributed by atoms with Gasteiger partial charge in [-0.2, -0.15) is 10.2 Å². The van der Waals surface area contributed by atoms with E-state index in [-0.39, 0.29) is 11.7 Å². The number of amides is 1. The van der Waals surface area contributed by atoms with Crippen LogP contribution in [0.15, 0.2) is 47.3 Å². The SMILES string of the molecule is Cc1c(Br)cnn1CCC(=O)Nc1cnn(Cc2cccc(F)c2)c1. The van der Waals surface area contributed by atoms with Gasteiger partial charge in [0.05, 0.1) is 35.6 Å². The lowest BCUT2D eigenvalue weighted by molar-refractivity contribution is -0.116. The van der Waals surface area contributed by atoms with Crippen molar-refractivity contribution in [3.63, 3.8) is 0 Å². The smallest absolute Gasteiger partial charge is 0.226 e. The topological polar surface area (TPSA) is 64.7 Å². The number of anilines is 1. The molecule has 0 saturated carbocycles. The van der Waals surface area contributed by atoms with Gasteiger partial charge < -0.3 is 5.32 Å². The Morgan fingerprint density at radius 1 is 1.32 bits per heavy atom. The molecule has 1 amide bonds. The lowest BCUT2D eigenvalue weighted by Crippen LogP contribution is -2.15. The predicted octanol–water partition coefficient (Wildman–Crippen LogP) is 3.37. The molecule has 130 valence electrons. The summed E-state index contributed by atoms with van der Waals surface area (Å²) in [6.07, 6.45) is 5.32. The van der Waals surface area contributed by atoms with E-state index in [0.29, 0.717) is 25.2 Å². The van der Waals surface area contributed by atoms with E-state index < -0.39 is 0 Å². The highest BCUT2D eigenvalue weighted by molar-refractivity contribution is 9.10. The molecule has 0 aliphatic carbocycles. The van der Waals surface area contributed by atoms with Crippen LogP contribution in [-0.4, -0.2) is 25.5 Å².